The number of likely N-dealkylation sites (tertiary alicyclic amines) is 3. The summed E-state index contributed by atoms with van der Waals surface area (Å²) in [6, 6.07) is 5.90. The molecule has 9 heteroatoms. The number of fused-ring (bicyclic) bond motifs is 2. The Bertz CT molecular complexity index is 1690. The van der Waals surface area contributed by atoms with Crippen molar-refractivity contribution in [2.24, 2.45) is 29.6 Å². The Morgan fingerprint density at radius 1 is 1.00 bits per heavy atom. The van der Waals surface area contributed by atoms with Crippen molar-refractivity contribution in [1.29, 1.82) is 0 Å². The maximum absolute atomic E-state index is 14.6. The number of carbonyl (C=O) groups excluding carboxylic acids is 2. The van der Waals surface area contributed by atoms with E-state index in [1.165, 1.54) is 35.9 Å². The van der Waals surface area contributed by atoms with Gasteiger partial charge in [-0.25, -0.2) is 4.39 Å². The fourth-order valence-corrected chi connectivity index (χ4v) is 9.93. The molecule has 0 bridgehead atoms. The predicted molar refractivity (Wildman–Crippen MR) is 192 cm³/mol. The highest BCUT2D eigenvalue weighted by molar-refractivity contribution is 5.99. The van der Waals surface area contributed by atoms with E-state index in [1.54, 1.807) is 17.9 Å². The fourth-order valence-electron chi connectivity index (χ4n) is 9.93. The Morgan fingerprint density at radius 3 is 2.31 bits per heavy atom. The average Bonchev–Trinajstić information content (AvgIpc) is 3.69. The number of carbonyl (C=O) groups is 2. The molecule has 49 heavy (non-hydrogen) atoms. The fraction of sp³-hybridized carbons (Fsp3) is 0.625. The van der Waals surface area contributed by atoms with Gasteiger partial charge in [-0.2, -0.15) is 0 Å². The highest BCUT2D eigenvalue weighted by Gasteiger charge is 2.49. The highest BCUT2D eigenvalue weighted by atomic mass is 19.1. The van der Waals surface area contributed by atoms with Gasteiger partial charge in [0.05, 0.1) is 23.0 Å². The third-order valence-corrected chi connectivity index (χ3v) is 12.4. The first-order chi connectivity index (χ1) is 23.4. The van der Waals surface area contributed by atoms with Gasteiger partial charge in [-0.05, 0) is 106 Å². The molecule has 1 aromatic carbocycles. The molecular weight excluding hydrogens is 615 g/mol. The zero-order valence-corrected chi connectivity index (χ0v) is 30.5. The number of benzene rings is 1. The van der Waals surface area contributed by atoms with Crippen LogP contribution in [0.5, 0.6) is 0 Å². The Labute approximate surface area is 291 Å². The number of aromatic nitrogens is 2. The number of nitrogens with zero attached hydrogens (tertiary/aromatic N) is 6. The topological polar surface area (TPSA) is 64.9 Å². The van der Waals surface area contributed by atoms with Crippen LogP contribution in [-0.4, -0.2) is 105 Å². The van der Waals surface area contributed by atoms with Crippen LogP contribution in [0.25, 0.3) is 16.6 Å². The lowest BCUT2D eigenvalue weighted by molar-refractivity contribution is -0.128. The minimum Gasteiger partial charge on any atom is -0.342 e. The molecule has 0 N–H and O–H groups in total. The molecule has 0 radical (unpaired) electrons. The van der Waals surface area contributed by atoms with Gasteiger partial charge < -0.3 is 14.4 Å². The molecule has 4 aliphatic rings. The van der Waals surface area contributed by atoms with E-state index in [9.17, 15) is 14.0 Å². The molecule has 1 saturated carbocycles. The largest absolute Gasteiger partial charge is 0.342 e. The summed E-state index contributed by atoms with van der Waals surface area (Å²) in [5.41, 5.74) is 4.42. The molecule has 3 aromatic rings. The lowest BCUT2D eigenvalue weighted by atomic mass is 9.70. The van der Waals surface area contributed by atoms with Gasteiger partial charge in [-0.3, -0.25) is 24.4 Å². The molecule has 2 amide bonds. The van der Waals surface area contributed by atoms with E-state index in [0.717, 1.165) is 62.7 Å². The quantitative estimate of drug-likeness (QED) is 0.264. The van der Waals surface area contributed by atoms with E-state index in [-0.39, 0.29) is 17.9 Å². The summed E-state index contributed by atoms with van der Waals surface area (Å²) in [5, 5.41) is 1.19. The molecule has 264 valence electrons. The van der Waals surface area contributed by atoms with Crippen LogP contribution in [0.2, 0.25) is 0 Å². The van der Waals surface area contributed by atoms with Crippen molar-refractivity contribution in [1.82, 2.24) is 29.2 Å². The van der Waals surface area contributed by atoms with E-state index < -0.39 is 5.82 Å². The number of amides is 2. The van der Waals surface area contributed by atoms with Gasteiger partial charge in [-0.15, -0.1) is 0 Å². The van der Waals surface area contributed by atoms with E-state index in [0.29, 0.717) is 53.6 Å². The van der Waals surface area contributed by atoms with Crippen molar-refractivity contribution in [2.75, 3.05) is 45.8 Å². The first-order valence-electron chi connectivity index (χ1n) is 18.7. The Hall–Kier alpha value is -3.30. The first kappa shape index (κ1) is 34.2. The summed E-state index contributed by atoms with van der Waals surface area (Å²) in [7, 11) is 0. The van der Waals surface area contributed by atoms with Gasteiger partial charge >= 0.3 is 0 Å². The van der Waals surface area contributed by atoms with Gasteiger partial charge in [0.25, 0.3) is 5.91 Å². The second-order valence-corrected chi connectivity index (χ2v) is 16.3. The van der Waals surface area contributed by atoms with Crippen LogP contribution in [0.1, 0.15) is 75.9 Å². The second kappa shape index (κ2) is 13.4. The Morgan fingerprint density at radius 2 is 1.69 bits per heavy atom. The Kier molecular flexibility index (Phi) is 9.37. The minimum atomic E-state index is -0.408. The van der Waals surface area contributed by atoms with Crippen molar-refractivity contribution in [3.63, 3.8) is 0 Å². The number of hydrogen-bond acceptors (Lipinski definition) is 5. The molecule has 3 aliphatic heterocycles. The van der Waals surface area contributed by atoms with E-state index >= 15 is 0 Å². The van der Waals surface area contributed by atoms with E-state index in [4.69, 9.17) is 0 Å². The lowest BCUT2D eigenvalue weighted by Gasteiger charge is -2.54. The highest BCUT2D eigenvalue weighted by Crippen LogP contribution is 2.44. The van der Waals surface area contributed by atoms with Gasteiger partial charge in [0.15, 0.2) is 0 Å². The number of aryl methyl sites for hydroxylation is 1. The van der Waals surface area contributed by atoms with Crippen LogP contribution in [0, 0.1) is 42.3 Å². The summed E-state index contributed by atoms with van der Waals surface area (Å²) in [6.07, 6.45) is 9.54. The van der Waals surface area contributed by atoms with E-state index in [2.05, 4.69) is 51.2 Å². The number of hydrogen-bond donors (Lipinski definition) is 0. The van der Waals surface area contributed by atoms with Gasteiger partial charge in [0.1, 0.15) is 5.82 Å². The number of rotatable bonds is 10. The monoisotopic (exact) mass is 670 g/mol. The third kappa shape index (κ3) is 6.30. The van der Waals surface area contributed by atoms with Crippen LogP contribution in [0.4, 0.5) is 4.39 Å². The summed E-state index contributed by atoms with van der Waals surface area (Å²) in [4.78, 5) is 39.5. The molecular formula is C40H55FN6O2. The maximum Gasteiger partial charge on any atom is 0.256 e. The van der Waals surface area contributed by atoms with Crippen molar-refractivity contribution in [2.45, 2.75) is 85.9 Å². The minimum absolute atomic E-state index is 0.0107. The third-order valence-electron chi connectivity index (χ3n) is 12.4. The van der Waals surface area contributed by atoms with Crippen LogP contribution in [0.15, 0.2) is 36.8 Å². The normalized spacial score (nSPS) is 25.2. The van der Waals surface area contributed by atoms with Crippen LogP contribution >= 0.6 is 0 Å². The first-order valence-corrected chi connectivity index (χ1v) is 18.7. The molecule has 7 rings (SSSR count). The summed E-state index contributed by atoms with van der Waals surface area (Å²) >= 11 is 0. The zero-order valence-electron chi connectivity index (χ0n) is 30.5. The van der Waals surface area contributed by atoms with Crippen LogP contribution in [0.3, 0.4) is 0 Å². The summed E-state index contributed by atoms with van der Waals surface area (Å²) in [5.74, 6) is 2.92. The average molecular weight is 671 g/mol. The lowest BCUT2D eigenvalue weighted by Crippen LogP contribution is -2.60. The molecule has 8 nitrogen and oxygen atoms in total. The molecule has 4 fully saturated rings. The van der Waals surface area contributed by atoms with Crippen molar-refractivity contribution in [3.8, 4) is 5.69 Å². The molecule has 3 atom stereocenters. The molecule has 2 aromatic heterocycles. The smallest absolute Gasteiger partial charge is 0.256 e. The molecule has 1 unspecified atom stereocenters. The summed E-state index contributed by atoms with van der Waals surface area (Å²) < 4.78 is 16.7. The maximum atomic E-state index is 14.6. The van der Waals surface area contributed by atoms with Crippen molar-refractivity contribution >= 4 is 22.7 Å². The van der Waals surface area contributed by atoms with Crippen molar-refractivity contribution < 1.29 is 14.0 Å². The molecule has 0 spiro atoms. The SMILES string of the molecule is CCN(C(=O)c1cc(F)ccc1-n1cc(CC2CN(C(C(C)C)C3CC(N4C[C@H]5CN(C(C)=O)C[C@@H]5C4)C3)C2)c2c(C)cncc21)C(C)C. The number of pyridine rings is 1. The van der Waals surface area contributed by atoms with Crippen molar-refractivity contribution in [3.05, 3.63) is 59.3 Å². The van der Waals surface area contributed by atoms with Gasteiger partial charge in [-0.1, -0.05) is 13.8 Å². The summed E-state index contributed by atoms with van der Waals surface area (Å²) in [6.45, 7) is 21.6. The Balaban J connectivity index is 1.03. The zero-order chi connectivity index (χ0) is 34.7. The van der Waals surface area contributed by atoms with Gasteiger partial charge in [0, 0.05) is 88.6 Å². The standard InChI is InChI=1S/C40H55FN6O2/c1-8-46(25(4)5)40(49)35-14-33(41)9-10-36(35)47-23-30(38-26(6)15-42-16-37(38)47)11-28-17-45(18-28)39(24(2)3)29-12-34(13-29)44-21-31-19-43(27(7)48)20-32(31)22-44/h9-10,14-16,23-25,28-29,31-32,34,39H,8,11-13,17-22H2,1-7H3/t29?,31-,32-,34?,39?/m1/s1. The molecule has 5 heterocycles. The van der Waals surface area contributed by atoms with E-state index in [1.807, 2.05) is 33.2 Å². The number of halogens is 1. The van der Waals surface area contributed by atoms with Crippen LogP contribution < -0.4 is 0 Å². The molecule has 1 aliphatic carbocycles. The predicted octanol–water partition coefficient (Wildman–Crippen LogP) is 6.03. The molecule has 3 saturated heterocycles. The van der Waals surface area contributed by atoms with Gasteiger partial charge in [0.2, 0.25) is 5.91 Å². The second-order valence-electron chi connectivity index (χ2n) is 16.3. The van der Waals surface area contributed by atoms with Crippen LogP contribution in [-0.2, 0) is 11.2 Å².